The number of unbranched alkanes of at least 4 members (excludes halogenated alkanes) is 1. The van der Waals surface area contributed by atoms with Crippen LogP contribution in [0.4, 0.5) is 0 Å². The quantitative estimate of drug-likeness (QED) is 0.180. The normalized spacial score (nSPS) is 13.5. The number of allylic oxidation sites excluding steroid dienone is 8. The van der Waals surface area contributed by atoms with Gasteiger partial charge in [0.25, 0.3) is 0 Å². The molecule has 0 aliphatic carbocycles. The van der Waals surface area contributed by atoms with E-state index in [9.17, 15) is 0 Å². The highest BCUT2D eigenvalue weighted by molar-refractivity contribution is 5.07. The van der Waals surface area contributed by atoms with Gasteiger partial charge in [-0.25, -0.2) is 0 Å². The van der Waals surface area contributed by atoms with Gasteiger partial charge in [0.05, 0.1) is 0 Å². The predicted octanol–water partition coefficient (Wildman–Crippen LogP) is 7.94. The lowest BCUT2D eigenvalue weighted by atomic mass is 10.0. The van der Waals surface area contributed by atoms with Gasteiger partial charge in [-0.2, -0.15) is 0 Å². The molecule has 0 fully saturated rings. The van der Waals surface area contributed by atoms with Crippen molar-refractivity contribution in [1.29, 1.82) is 0 Å². The summed E-state index contributed by atoms with van der Waals surface area (Å²) in [6.45, 7) is 8.83. The first-order chi connectivity index (χ1) is 12.5. The Bertz CT molecular complexity index is 525. The third-order valence-corrected chi connectivity index (χ3v) is 4.54. The smallest absolute Gasteiger partial charge is 0.0123 e. The topological polar surface area (TPSA) is 0 Å². The van der Waals surface area contributed by atoms with E-state index in [-0.39, 0.29) is 0 Å². The van der Waals surface area contributed by atoms with Crippen molar-refractivity contribution in [1.82, 2.24) is 0 Å². The van der Waals surface area contributed by atoms with E-state index >= 15 is 0 Å². The third kappa shape index (κ3) is 15.6. The lowest BCUT2D eigenvalue weighted by molar-refractivity contribution is 0.901. The summed E-state index contributed by atoms with van der Waals surface area (Å²) >= 11 is 0. The second-order valence-electron chi connectivity index (χ2n) is 7.26. The lowest BCUT2D eigenvalue weighted by Crippen LogP contribution is -1.82. The molecule has 0 amide bonds. The molecule has 0 aromatic heterocycles. The molecule has 0 N–H and O–H groups in total. The minimum absolute atomic E-state index is 0.850. The zero-order chi connectivity index (χ0) is 19.6. The molecule has 0 spiro atoms. The van der Waals surface area contributed by atoms with Crippen LogP contribution in [0.25, 0.3) is 0 Å². The summed E-state index contributed by atoms with van der Waals surface area (Å²) < 4.78 is 0. The van der Waals surface area contributed by atoms with Gasteiger partial charge in [-0.3, -0.25) is 0 Å². The van der Waals surface area contributed by atoms with Gasteiger partial charge in [0.2, 0.25) is 0 Å². The number of hydrogen-bond donors (Lipinski definition) is 0. The van der Waals surface area contributed by atoms with Gasteiger partial charge in [0.15, 0.2) is 0 Å². The molecule has 0 heteroatoms. The van der Waals surface area contributed by atoms with E-state index < -0.39 is 0 Å². The number of terminal acetylenes is 2. The molecule has 0 heterocycles. The summed E-state index contributed by atoms with van der Waals surface area (Å²) in [5, 5.41) is 0. The summed E-state index contributed by atoms with van der Waals surface area (Å²) in [6.07, 6.45) is 30.6. The maximum absolute atomic E-state index is 5.30. The van der Waals surface area contributed by atoms with Gasteiger partial charge in [-0.1, -0.05) is 46.6 Å². The van der Waals surface area contributed by atoms with Crippen molar-refractivity contribution in [3.05, 3.63) is 46.6 Å². The highest BCUT2D eigenvalue weighted by Crippen LogP contribution is 2.13. The van der Waals surface area contributed by atoms with Crippen LogP contribution in [0.5, 0.6) is 0 Å². The first-order valence-electron chi connectivity index (χ1n) is 9.99. The molecular weight excluding hydrogens is 312 g/mol. The number of hydrogen-bond acceptors (Lipinski definition) is 0. The van der Waals surface area contributed by atoms with Crippen LogP contribution in [0.15, 0.2) is 46.6 Å². The van der Waals surface area contributed by atoms with Crippen LogP contribution >= 0.6 is 0 Å². The summed E-state index contributed by atoms with van der Waals surface area (Å²) in [5.74, 6) is 5.40. The Morgan fingerprint density at radius 3 is 1.19 bits per heavy atom. The Balaban J connectivity index is 3.99. The second kappa shape index (κ2) is 16.5. The second-order valence-corrected chi connectivity index (χ2v) is 7.26. The predicted molar refractivity (Wildman–Crippen MR) is 119 cm³/mol. The molecule has 0 unspecified atom stereocenters. The highest BCUT2D eigenvalue weighted by Gasteiger charge is 1.93. The molecular formula is C26H38. The van der Waals surface area contributed by atoms with Crippen molar-refractivity contribution in [3.8, 4) is 24.7 Å². The van der Waals surface area contributed by atoms with Crippen molar-refractivity contribution < 1.29 is 0 Å². The molecule has 0 saturated heterocycles. The average Bonchev–Trinajstić information content (AvgIpc) is 2.61. The fourth-order valence-electron chi connectivity index (χ4n) is 2.70. The van der Waals surface area contributed by atoms with E-state index in [2.05, 4.69) is 63.8 Å². The molecule has 0 bridgehead atoms. The van der Waals surface area contributed by atoms with Crippen LogP contribution in [0.2, 0.25) is 0 Å². The monoisotopic (exact) mass is 350 g/mol. The van der Waals surface area contributed by atoms with Crippen molar-refractivity contribution in [2.75, 3.05) is 0 Å². The Morgan fingerprint density at radius 2 is 0.846 bits per heavy atom. The van der Waals surface area contributed by atoms with Crippen LogP contribution in [0.3, 0.4) is 0 Å². The molecule has 0 aromatic carbocycles. The third-order valence-electron chi connectivity index (χ3n) is 4.54. The Hall–Kier alpha value is -1.92. The summed E-state index contributed by atoms with van der Waals surface area (Å²) in [6, 6.07) is 0. The van der Waals surface area contributed by atoms with E-state index in [4.69, 9.17) is 12.8 Å². The molecule has 0 saturated carbocycles. The SMILES string of the molecule is C#CCC/C(C)=C/CC/C(C)=C/CC/C=C(\C)CC/C=C(\C)CCC#C. The Kier molecular flexibility index (Phi) is 15.3. The Morgan fingerprint density at radius 1 is 0.538 bits per heavy atom. The van der Waals surface area contributed by atoms with Crippen LogP contribution in [-0.4, -0.2) is 0 Å². The minimum Gasteiger partial charge on any atom is -0.120 e. The van der Waals surface area contributed by atoms with Crippen molar-refractivity contribution >= 4 is 0 Å². The fourth-order valence-corrected chi connectivity index (χ4v) is 2.70. The van der Waals surface area contributed by atoms with Crippen LogP contribution in [-0.2, 0) is 0 Å². The molecule has 26 heavy (non-hydrogen) atoms. The molecule has 0 atom stereocenters. The largest absolute Gasteiger partial charge is 0.120 e. The molecule has 0 aliphatic heterocycles. The zero-order valence-electron chi connectivity index (χ0n) is 17.5. The maximum atomic E-state index is 5.30. The van der Waals surface area contributed by atoms with Crippen LogP contribution in [0.1, 0.15) is 91.9 Å². The van der Waals surface area contributed by atoms with Gasteiger partial charge in [0.1, 0.15) is 0 Å². The van der Waals surface area contributed by atoms with Gasteiger partial charge in [-0.05, 0) is 79.1 Å². The van der Waals surface area contributed by atoms with Gasteiger partial charge < -0.3 is 0 Å². The van der Waals surface area contributed by atoms with E-state index in [1.54, 1.807) is 0 Å². The van der Waals surface area contributed by atoms with Gasteiger partial charge in [0, 0.05) is 12.8 Å². The fraction of sp³-hybridized carbons (Fsp3) is 0.538. The van der Waals surface area contributed by atoms with E-state index in [0.29, 0.717) is 0 Å². The Labute approximate surface area is 163 Å². The molecule has 0 nitrogen and oxygen atoms in total. The van der Waals surface area contributed by atoms with Crippen LogP contribution in [0, 0.1) is 24.7 Å². The zero-order valence-corrected chi connectivity index (χ0v) is 17.5. The van der Waals surface area contributed by atoms with E-state index in [0.717, 1.165) is 64.2 Å². The van der Waals surface area contributed by atoms with E-state index in [1.165, 1.54) is 22.3 Å². The maximum Gasteiger partial charge on any atom is 0.0123 e. The average molecular weight is 351 g/mol. The van der Waals surface area contributed by atoms with Crippen molar-refractivity contribution in [3.63, 3.8) is 0 Å². The lowest BCUT2D eigenvalue weighted by Gasteiger charge is -2.02. The number of rotatable bonds is 13. The molecule has 0 rings (SSSR count). The van der Waals surface area contributed by atoms with Crippen molar-refractivity contribution in [2.24, 2.45) is 0 Å². The van der Waals surface area contributed by atoms with Gasteiger partial charge >= 0.3 is 0 Å². The molecule has 142 valence electrons. The standard InChI is InChI=1S/C26H38/c1-7-9-15-23(3)19-13-21-25(5)17-11-12-18-26(6)22-14-20-24(4)16-10-8-2/h1-2,17-20H,9-16,21-22H2,3-6H3/b23-19+,24-20+,25-17+,26-18+. The summed E-state index contributed by atoms with van der Waals surface area (Å²) in [7, 11) is 0. The highest BCUT2D eigenvalue weighted by atomic mass is 14.0. The molecule has 0 aliphatic rings. The van der Waals surface area contributed by atoms with Crippen molar-refractivity contribution in [2.45, 2.75) is 91.9 Å². The minimum atomic E-state index is 0.850. The summed E-state index contributed by atoms with van der Waals surface area (Å²) in [4.78, 5) is 0. The first-order valence-corrected chi connectivity index (χ1v) is 9.99. The van der Waals surface area contributed by atoms with Gasteiger partial charge in [-0.15, -0.1) is 24.7 Å². The molecule has 0 radical (unpaired) electrons. The van der Waals surface area contributed by atoms with Crippen LogP contribution < -0.4 is 0 Å². The molecule has 0 aromatic rings. The summed E-state index contributed by atoms with van der Waals surface area (Å²) in [5.41, 5.74) is 5.81. The first kappa shape index (κ1) is 24.1. The van der Waals surface area contributed by atoms with E-state index in [1.807, 2.05) is 0 Å².